The monoisotopic (exact) mass is 781 g/mol. The molecule has 0 amide bonds. The van der Waals surface area contributed by atoms with Gasteiger partial charge in [-0.15, -0.1) is 0 Å². The van der Waals surface area contributed by atoms with Gasteiger partial charge in [0.2, 0.25) is 22.4 Å². The van der Waals surface area contributed by atoms with Crippen LogP contribution in [-0.2, 0) is 18.8 Å². The summed E-state index contributed by atoms with van der Waals surface area (Å²) in [6.45, 7) is 1.62. The first-order valence-electron chi connectivity index (χ1n) is 17.6. The third-order valence-corrected chi connectivity index (χ3v) is 9.82. The van der Waals surface area contributed by atoms with E-state index >= 15 is 0 Å². The van der Waals surface area contributed by atoms with E-state index < -0.39 is 0 Å². The SMILES string of the molecule is C[n+]1c(-c2cccc(OCCOCCOc3cccc(-c4c5cc(N)ccc5c5ccc(N)cc5[n+]4C)c3)c2)c2cc(N)ccc2c2ccc(N)cc21.[Br-]. The van der Waals surface area contributed by atoms with Gasteiger partial charge in [-0.25, -0.2) is 0 Å². The van der Waals surface area contributed by atoms with Gasteiger partial charge in [-0.1, -0.05) is 24.3 Å². The van der Waals surface area contributed by atoms with Crippen LogP contribution in [0.25, 0.3) is 65.9 Å². The quantitative estimate of drug-likeness (QED) is 0.0710. The summed E-state index contributed by atoms with van der Waals surface area (Å²) in [7, 11) is 4.11. The number of aryl methyl sites for hydroxylation is 2. The standard InChI is InChI=1S/C44H40N6O3.BrH/c1-49-41-25-31(47)11-15-37(41)35-13-9-29(45)23-39(35)43(49)27-5-3-7-33(21-27)52-19-17-51-18-20-53-34-8-4-6-28(22-34)44-40-24-30(46)10-14-36(40)38-16-12-32(48)26-42(38)50(44)2;/h3-16,21-26,47-48H,17-20,45-46H2,1-2H3;1H/p+1. The number of anilines is 4. The Kier molecular flexibility index (Phi) is 10.1. The molecule has 2 heterocycles. The second-order valence-electron chi connectivity index (χ2n) is 13.3. The van der Waals surface area contributed by atoms with Crippen molar-refractivity contribution in [3.63, 3.8) is 0 Å². The highest BCUT2D eigenvalue weighted by Crippen LogP contribution is 2.36. The van der Waals surface area contributed by atoms with E-state index in [1.165, 1.54) is 0 Å². The molecule has 0 fully saturated rings. The summed E-state index contributed by atoms with van der Waals surface area (Å²) in [6, 6.07) is 40.3. The number of nitrogens with zero attached hydrogens (tertiary/aromatic N) is 2. The van der Waals surface area contributed by atoms with Crippen LogP contribution in [0.3, 0.4) is 0 Å². The molecule has 272 valence electrons. The Morgan fingerprint density at radius 1 is 0.426 bits per heavy atom. The smallest absolute Gasteiger partial charge is 0.220 e. The van der Waals surface area contributed by atoms with Crippen molar-refractivity contribution in [3.05, 3.63) is 121 Å². The molecule has 0 spiro atoms. The number of fused-ring (bicyclic) bond motifs is 6. The molecule has 6 aromatic carbocycles. The lowest BCUT2D eigenvalue weighted by molar-refractivity contribution is -0.632. The number of benzene rings is 6. The molecule has 0 aliphatic heterocycles. The number of pyridine rings is 2. The molecule has 0 aliphatic rings. The van der Waals surface area contributed by atoms with Gasteiger partial charge in [-0.05, 0) is 84.9 Å². The zero-order chi connectivity index (χ0) is 36.6. The first-order chi connectivity index (χ1) is 25.7. The van der Waals surface area contributed by atoms with E-state index in [0.29, 0.717) is 49.2 Å². The molecule has 0 aliphatic carbocycles. The largest absolute Gasteiger partial charge is 1.00 e. The Labute approximate surface area is 324 Å². The molecule has 8 N–H and O–H groups in total. The molecule has 0 radical (unpaired) electrons. The Morgan fingerprint density at radius 2 is 0.815 bits per heavy atom. The Hall–Kier alpha value is -6.10. The summed E-state index contributed by atoms with van der Waals surface area (Å²) in [5.74, 6) is 1.51. The van der Waals surface area contributed by atoms with Crippen molar-refractivity contribution in [2.45, 2.75) is 0 Å². The van der Waals surface area contributed by atoms with Crippen molar-refractivity contribution < 1.29 is 40.3 Å². The van der Waals surface area contributed by atoms with Gasteiger partial charge in [0.25, 0.3) is 0 Å². The first-order valence-corrected chi connectivity index (χ1v) is 17.6. The minimum absolute atomic E-state index is 0. The highest BCUT2D eigenvalue weighted by atomic mass is 79.9. The van der Waals surface area contributed by atoms with Crippen LogP contribution in [0.1, 0.15) is 0 Å². The highest BCUT2D eigenvalue weighted by molar-refractivity contribution is 6.11. The molecule has 10 heteroatoms. The lowest BCUT2D eigenvalue weighted by Gasteiger charge is -2.13. The minimum Gasteiger partial charge on any atom is -1.00 e. The summed E-state index contributed by atoms with van der Waals surface area (Å²) in [5, 5.41) is 6.58. The van der Waals surface area contributed by atoms with E-state index in [1.54, 1.807) is 0 Å². The van der Waals surface area contributed by atoms with Gasteiger partial charge in [-0.3, -0.25) is 0 Å². The van der Waals surface area contributed by atoms with Gasteiger partial charge in [0, 0.05) is 45.7 Å². The molecule has 9 nitrogen and oxygen atoms in total. The molecule has 0 saturated heterocycles. The number of nitrogen functional groups attached to an aromatic ring is 4. The molecule has 8 aromatic rings. The maximum atomic E-state index is 6.26. The normalized spacial score (nSPS) is 11.3. The van der Waals surface area contributed by atoms with Gasteiger partial charge >= 0.3 is 0 Å². The summed E-state index contributed by atoms with van der Waals surface area (Å²) in [5.41, 5.74) is 33.9. The average molecular weight is 783 g/mol. The third kappa shape index (κ3) is 6.89. The lowest BCUT2D eigenvalue weighted by Crippen LogP contribution is -3.00. The van der Waals surface area contributed by atoms with Gasteiger partial charge in [-0.2, -0.15) is 9.13 Å². The number of hydrogen-bond donors (Lipinski definition) is 4. The number of ether oxygens (including phenoxy) is 3. The van der Waals surface area contributed by atoms with Crippen LogP contribution in [-0.4, -0.2) is 26.4 Å². The van der Waals surface area contributed by atoms with E-state index in [0.717, 1.165) is 77.4 Å². The predicted octanol–water partition coefficient (Wildman–Crippen LogP) is 4.09. The highest BCUT2D eigenvalue weighted by Gasteiger charge is 2.23. The fraction of sp³-hybridized carbons (Fsp3) is 0.136. The van der Waals surface area contributed by atoms with E-state index in [1.807, 2.05) is 84.9 Å². The fourth-order valence-electron chi connectivity index (χ4n) is 7.40. The van der Waals surface area contributed by atoms with Gasteiger partial charge < -0.3 is 54.1 Å². The maximum absolute atomic E-state index is 6.26. The number of rotatable bonds is 10. The van der Waals surface area contributed by atoms with Crippen LogP contribution in [0, 0.1) is 0 Å². The van der Waals surface area contributed by atoms with E-state index in [9.17, 15) is 0 Å². The zero-order valence-corrected chi connectivity index (χ0v) is 31.8. The van der Waals surface area contributed by atoms with Crippen LogP contribution in [0.2, 0.25) is 0 Å². The second kappa shape index (κ2) is 15.1. The van der Waals surface area contributed by atoms with Crippen LogP contribution in [0.5, 0.6) is 11.5 Å². The third-order valence-electron chi connectivity index (χ3n) is 9.82. The number of halogens is 1. The van der Waals surface area contributed by atoms with E-state index in [2.05, 4.69) is 59.6 Å². The molecule has 0 unspecified atom stereocenters. The van der Waals surface area contributed by atoms with E-state index in [-0.39, 0.29) is 17.0 Å². The van der Waals surface area contributed by atoms with Crippen molar-refractivity contribution in [1.82, 2.24) is 0 Å². The van der Waals surface area contributed by atoms with Crippen molar-refractivity contribution in [3.8, 4) is 34.0 Å². The molecule has 8 rings (SSSR count). The van der Waals surface area contributed by atoms with Gasteiger partial charge in [0.15, 0.2) is 0 Å². The average Bonchev–Trinajstić information content (AvgIpc) is 3.15. The number of hydrogen-bond acceptors (Lipinski definition) is 7. The molecular formula is C44H42BrN6O3+. The molecule has 0 saturated carbocycles. The van der Waals surface area contributed by atoms with Crippen molar-refractivity contribution >= 4 is 66.1 Å². The van der Waals surface area contributed by atoms with Gasteiger partial charge in [0.05, 0.1) is 45.9 Å². The Bertz CT molecular complexity index is 2520. The predicted molar refractivity (Wildman–Crippen MR) is 216 cm³/mol. The molecule has 54 heavy (non-hydrogen) atoms. The summed E-state index contributed by atoms with van der Waals surface area (Å²) in [4.78, 5) is 0. The van der Waals surface area contributed by atoms with Crippen molar-refractivity contribution in [1.29, 1.82) is 0 Å². The van der Waals surface area contributed by atoms with E-state index in [4.69, 9.17) is 37.1 Å². The number of nitrogens with two attached hydrogens (primary N) is 4. The topological polar surface area (TPSA) is 140 Å². The first kappa shape index (κ1) is 36.3. The molecule has 0 atom stereocenters. The van der Waals surface area contributed by atoms with Crippen LogP contribution in [0.15, 0.2) is 121 Å². The summed E-state index contributed by atoms with van der Waals surface area (Å²) < 4.78 is 22.5. The summed E-state index contributed by atoms with van der Waals surface area (Å²) >= 11 is 0. The van der Waals surface area contributed by atoms with Gasteiger partial charge in [0.1, 0.15) is 38.8 Å². The second-order valence-corrected chi connectivity index (χ2v) is 13.3. The van der Waals surface area contributed by atoms with Crippen molar-refractivity contribution in [2.75, 3.05) is 49.4 Å². The van der Waals surface area contributed by atoms with Crippen LogP contribution in [0.4, 0.5) is 22.7 Å². The van der Waals surface area contributed by atoms with Crippen molar-refractivity contribution in [2.24, 2.45) is 14.1 Å². The minimum atomic E-state index is 0. The van der Waals surface area contributed by atoms with Crippen LogP contribution < -0.4 is 58.5 Å². The Balaban J connectivity index is 0.00000450. The van der Waals surface area contributed by atoms with Crippen LogP contribution >= 0.6 is 0 Å². The molecular weight excluding hydrogens is 740 g/mol. The Morgan fingerprint density at radius 3 is 1.24 bits per heavy atom. The number of aromatic nitrogens is 2. The summed E-state index contributed by atoms with van der Waals surface area (Å²) in [6.07, 6.45) is 0. The molecule has 0 bridgehead atoms. The molecule has 2 aromatic heterocycles. The fourth-order valence-corrected chi connectivity index (χ4v) is 7.40. The lowest BCUT2D eigenvalue weighted by atomic mass is 9.98. The maximum Gasteiger partial charge on any atom is 0.220 e. The zero-order valence-electron chi connectivity index (χ0n) is 30.2.